The first-order chi connectivity index (χ1) is 7.89. The van der Waals surface area contributed by atoms with Crippen LogP contribution in [-0.4, -0.2) is 30.3 Å². The minimum atomic E-state index is -0.690. The van der Waals surface area contributed by atoms with E-state index in [2.05, 4.69) is 5.32 Å². The number of hydrogen-bond donors (Lipinski definition) is 2. The zero-order valence-corrected chi connectivity index (χ0v) is 10.8. The fourth-order valence-corrected chi connectivity index (χ4v) is 1.44. The maximum atomic E-state index is 12.0. The average molecular weight is 258 g/mol. The number of methoxy groups -OCH3 is 1. The van der Waals surface area contributed by atoms with Crippen molar-refractivity contribution in [1.29, 1.82) is 0 Å². The van der Waals surface area contributed by atoms with Crippen molar-refractivity contribution in [2.24, 2.45) is 0 Å². The van der Waals surface area contributed by atoms with E-state index in [9.17, 15) is 4.79 Å². The largest absolute Gasteiger partial charge is 0.496 e. The van der Waals surface area contributed by atoms with Gasteiger partial charge in [0.1, 0.15) is 5.75 Å². The summed E-state index contributed by atoms with van der Waals surface area (Å²) >= 11 is 5.84. The van der Waals surface area contributed by atoms with E-state index in [1.807, 2.05) is 0 Å². The lowest BCUT2D eigenvalue weighted by atomic mass is 10.1. The molecule has 94 valence electrons. The summed E-state index contributed by atoms with van der Waals surface area (Å²) < 4.78 is 5.09. The zero-order chi connectivity index (χ0) is 13.1. The van der Waals surface area contributed by atoms with Crippen molar-refractivity contribution in [1.82, 2.24) is 5.32 Å². The average Bonchev–Trinajstić information content (AvgIpc) is 2.28. The second-order valence-corrected chi connectivity index (χ2v) is 4.78. The number of halogens is 1. The van der Waals surface area contributed by atoms with E-state index in [-0.39, 0.29) is 12.5 Å². The minimum Gasteiger partial charge on any atom is -0.496 e. The van der Waals surface area contributed by atoms with E-state index in [1.54, 1.807) is 26.0 Å². The van der Waals surface area contributed by atoms with Gasteiger partial charge in [-0.15, -0.1) is 0 Å². The van der Waals surface area contributed by atoms with Gasteiger partial charge in [0.05, 0.1) is 24.8 Å². The van der Waals surface area contributed by atoms with Gasteiger partial charge in [-0.25, -0.2) is 0 Å². The maximum Gasteiger partial charge on any atom is 0.255 e. The molecule has 1 amide bonds. The van der Waals surface area contributed by atoms with E-state index >= 15 is 0 Å². The fraction of sp³-hybridized carbons (Fsp3) is 0.417. The lowest BCUT2D eigenvalue weighted by Crippen LogP contribution is -2.46. The van der Waals surface area contributed by atoms with Crippen LogP contribution in [0.1, 0.15) is 24.2 Å². The van der Waals surface area contributed by atoms with Crippen molar-refractivity contribution in [3.05, 3.63) is 28.8 Å². The number of benzene rings is 1. The van der Waals surface area contributed by atoms with Gasteiger partial charge in [0, 0.05) is 5.02 Å². The fourth-order valence-electron chi connectivity index (χ4n) is 1.27. The predicted octanol–water partition coefficient (Wildman–Crippen LogP) is 1.85. The molecule has 0 spiro atoms. The van der Waals surface area contributed by atoms with Gasteiger partial charge in [-0.2, -0.15) is 0 Å². The summed E-state index contributed by atoms with van der Waals surface area (Å²) in [6.45, 7) is 3.30. The van der Waals surface area contributed by atoms with Gasteiger partial charge in [-0.1, -0.05) is 11.6 Å². The number of amides is 1. The summed E-state index contributed by atoms with van der Waals surface area (Å²) in [7, 11) is 1.48. The highest BCUT2D eigenvalue weighted by atomic mass is 35.5. The number of hydrogen-bond acceptors (Lipinski definition) is 3. The van der Waals surface area contributed by atoms with Crippen LogP contribution in [0.25, 0.3) is 0 Å². The Morgan fingerprint density at radius 1 is 1.53 bits per heavy atom. The molecule has 4 nitrogen and oxygen atoms in total. The normalized spacial score (nSPS) is 11.1. The third kappa shape index (κ3) is 3.61. The summed E-state index contributed by atoms with van der Waals surface area (Å²) in [6.07, 6.45) is 0. The van der Waals surface area contributed by atoms with Crippen molar-refractivity contribution in [2.45, 2.75) is 19.4 Å². The van der Waals surface area contributed by atoms with Crippen molar-refractivity contribution in [3.8, 4) is 5.75 Å². The Morgan fingerprint density at radius 2 is 2.18 bits per heavy atom. The summed E-state index contributed by atoms with van der Waals surface area (Å²) in [5.41, 5.74) is -0.341. The molecule has 17 heavy (non-hydrogen) atoms. The third-order valence-electron chi connectivity index (χ3n) is 2.25. The smallest absolute Gasteiger partial charge is 0.255 e. The molecule has 0 aliphatic heterocycles. The summed E-state index contributed by atoms with van der Waals surface area (Å²) in [5, 5.41) is 12.3. The second kappa shape index (κ2) is 5.38. The molecule has 1 aromatic carbocycles. The highest BCUT2D eigenvalue weighted by molar-refractivity contribution is 6.31. The van der Waals surface area contributed by atoms with E-state index in [0.717, 1.165) is 0 Å². The lowest BCUT2D eigenvalue weighted by molar-refractivity contribution is 0.0866. The number of carbonyl (C=O) groups is 1. The minimum absolute atomic E-state index is 0.151. The van der Waals surface area contributed by atoms with E-state index in [4.69, 9.17) is 21.4 Å². The Hall–Kier alpha value is -1.26. The lowest BCUT2D eigenvalue weighted by Gasteiger charge is -2.24. The van der Waals surface area contributed by atoms with Crippen molar-refractivity contribution >= 4 is 17.5 Å². The first kappa shape index (κ1) is 13.8. The molecule has 0 aliphatic carbocycles. The van der Waals surface area contributed by atoms with Crippen LogP contribution in [0.5, 0.6) is 5.75 Å². The molecule has 0 unspecified atom stereocenters. The SMILES string of the molecule is COc1ccc(Cl)cc1C(=O)NC(C)(C)CO. The molecule has 0 aliphatic rings. The molecule has 0 fully saturated rings. The van der Waals surface area contributed by atoms with Gasteiger partial charge >= 0.3 is 0 Å². The van der Waals surface area contributed by atoms with E-state index < -0.39 is 5.54 Å². The molecular weight excluding hydrogens is 242 g/mol. The van der Waals surface area contributed by atoms with Crippen molar-refractivity contribution in [2.75, 3.05) is 13.7 Å². The Labute approximate surface area is 106 Å². The summed E-state index contributed by atoms with van der Waals surface area (Å²) in [5.74, 6) is 0.115. The van der Waals surface area contributed by atoms with Crippen LogP contribution >= 0.6 is 11.6 Å². The number of ether oxygens (including phenoxy) is 1. The molecule has 0 atom stereocenters. The van der Waals surface area contributed by atoms with Crippen LogP contribution in [-0.2, 0) is 0 Å². The summed E-state index contributed by atoms with van der Waals surface area (Å²) in [4.78, 5) is 12.0. The molecule has 0 saturated carbocycles. The molecule has 0 heterocycles. The Morgan fingerprint density at radius 3 is 2.71 bits per heavy atom. The molecule has 0 bridgehead atoms. The number of rotatable bonds is 4. The first-order valence-electron chi connectivity index (χ1n) is 5.16. The number of nitrogens with one attached hydrogen (secondary N) is 1. The van der Waals surface area contributed by atoms with Crippen LogP contribution in [0.2, 0.25) is 5.02 Å². The van der Waals surface area contributed by atoms with Crippen LogP contribution in [0.4, 0.5) is 0 Å². The topological polar surface area (TPSA) is 58.6 Å². The van der Waals surface area contributed by atoms with Crippen LogP contribution < -0.4 is 10.1 Å². The third-order valence-corrected chi connectivity index (χ3v) is 2.49. The first-order valence-corrected chi connectivity index (χ1v) is 5.54. The van der Waals surface area contributed by atoms with Crippen molar-refractivity contribution < 1.29 is 14.6 Å². The number of aliphatic hydroxyl groups is 1. The Kier molecular flexibility index (Phi) is 4.37. The quantitative estimate of drug-likeness (QED) is 0.866. The Balaban J connectivity index is 2.99. The van der Waals surface area contributed by atoms with Gasteiger partial charge in [0.2, 0.25) is 0 Å². The highest BCUT2D eigenvalue weighted by Crippen LogP contribution is 2.23. The molecule has 0 aromatic heterocycles. The highest BCUT2D eigenvalue weighted by Gasteiger charge is 2.22. The number of aliphatic hydroxyl groups excluding tert-OH is 1. The van der Waals surface area contributed by atoms with Crippen LogP contribution in [0.15, 0.2) is 18.2 Å². The molecular formula is C12H16ClNO3. The Bertz CT molecular complexity index is 418. The van der Waals surface area contributed by atoms with Gasteiger partial charge in [0.25, 0.3) is 5.91 Å². The number of carbonyl (C=O) groups excluding carboxylic acids is 1. The van der Waals surface area contributed by atoms with Crippen LogP contribution in [0, 0.1) is 0 Å². The molecule has 2 N–H and O–H groups in total. The van der Waals surface area contributed by atoms with Gasteiger partial charge in [0.15, 0.2) is 0 Å². The molecule has 1 aromatic rings. The van der Waals surface area contributed by atoms with Gasteiger partial charge < -0.3 is 15.2 Å². The molecule has 0 radical (unpaired) electrons. The standard InChI is InChI=1S/C12H16ClNO3/c1-12(2,7-15)14-11(16)9-6-8(13)4-5-10(9)17-3/h4-6,15H,7H2,1-3H3,(H,14,16). The molecule has 5 heteroatoms. The zero-order valence-electron chi connectivity index (χ0n) is 10.1. The predicted molar refractivity (Wildman–Crippen MR) is 66.6 cm³/mol. The van der Waals surface area contributed by atoms with Crippen molar-refractivity contribution in [3.63, 3.8) is 0 Å². The second-order valence-electron chi connectivity index (χ2n) is 4.34. The van der Waals surface area contributed by atoms with Gasteiger partial charge in [-0.05, 0) is 32.0 Å². The monoisotopic (exact) mass is 257 g/mol. The van der Waals surface area contributed by atoms with Crippen LogP contribution in [0.3, 0.4) is 0 Å². The van der Waals surface area contributed by atoms with E-state index in [0.29, 0.717) is 16.3 Å². The summed E-state index contributed by atoms with van der Waals surface area (Å²) in [6, 6.07) is 4.81. The maximum absolute atomic E-state index is 12.0. The molecule has 0 saturated heterocycles. The van der Waals surface area contributed by atoms with Gasteiger partial charge in [-0.3, -0.25) is 4.79 Å². The molecule has 1 rings (SSSR count). The van der Waals surface area contributed by atoms with E-state index in [1.165, 1.54) is 13.2 Å².